The summed E-state index contributed by atoms with van der Waals surface area (Å²) >= 11 is 3.17. The highest BCUT2D eigenvalue weighted by molar-refractivity contribution is 9.10. The van der Waals surface area contributed by atoms with E-state index >= 15 is 0 Å². The second kappa shape index (κ2) is 4.36. The van der Waals surface area contributed by atoms with Crippen molar-refractivity contribution in [1.82, 2.24) is 4.98 Å². The molecule has 0 radical (unpaired) electrons. The first kappa shape index (κ1) is 10.2. The van der Waals surface area contributed by atoms with Crippen LogP contribution in [0.15, 0.2) is 16.6 Å². The fourth-order valence-corrected chi connectivity index (χ4v) is 1.24. The molecule has 0 spiro atoms. The lowest BCUT2D eigenvalue weighted by Gasteiger charge is -2.05. The van der Waals surface area contributed by atoms with E-state index in [0.717, 1.165) is 0 Å². The van der Waals surface area contributed by atoms with E-state index in [4.69, 9.17) is 5.73 Å². The van der Waals surface area contributed by atoms with Gasteiger partial charge in [0.1, 0.15) is 11.6 Å². The first-order valence-electron chi connectivity index (χ1n) is 3.53. The zero-order chi connectivity index (χ0) is 9.84. The molecule has 13 heavy (non-hydrogen) atoms. The number of anilines is 2. The summed E-state index contributed by atoms with van der Waals surface area (Å²) in [5.41, 5.74) is 5.40. The van der Waals surface area contributed by atoms with Crippen molar-refractivity contribution in [3.05, 3.63) is 16.6 Å². The van der Waals surface area contributed by atoms with Crippen molar-refractivity contribution >= 4 is 27.6 Å². The molecular formula is C7H8BrF2N3. The Morgan fingerprint density at radius 2 is 2.23 bits per heavy atom. The SMILES string of the molecule is Nc1cc(Br)cc(NCC(F)F)n1. The molecule has 1 aromatic rings. The van der Waals surface area contributed by atoms with Crippen LogP contribution < -0.4 is 11.1 Å². The van der Waals surface area contributed by atoms with Gasteiger partial charge in [-0.1, -0.05) is 15.9 Å². The van der Waals surface area contributed by atoms with Gasteiger partial charge in [0.25, 0.3) is 6.43 Å². The Hall–Kier alpha value is -0.910. The summed E-state index contributed by atoms with van der Waals surface area (Å²) in [7, 11) is 0. The van der Waals surface area contributed by atoms with E-state index in [9.17, 15) is 8.78 Å². The van der Waals surface area contributed by atoms with Crippen LogP contribution in [0.5, 0.6) is 0 Å². The predicted octanol–water partition coefficient (Wildman–Crippen LogP) is 2.10. The van der Waals surface area contributed by atoms with E-state index in [1.807, 2.05) is 0 Å². The van der Waals surface area contributed by atoms with Crippen LogP contribution in [0.1, 0.15) is 0 Å². The van der Waals surface area contributed by atoms with Gasteiger partial charge in [0.05, 0.1) is 6.54 Å². The average molecular weight is 252 g/mol. The van der Waals surface area contributed by atoms with Crippen LogP contribution in [-0.4, -0.2) is 18.0 Å². The van der Waals surface area contributed by atoms with Crippen LogP contribution in [0, 0.1) is 0 Å². The molecule has 72 valence electrons. The highest BCUT2D eigenvalue weighted by Gasteiger charge is 2.03. The van der Waals surface area contributed by atoms with E-state index in [1.54, 1.807) is 12.1 Å². The van der Waals surface area contributed by atoms with Gasteiger partial charge in [0.15, 0.2) is 0 Å². The number of aromatic nitrogens is 1. The van der Waals surface area contributed by atoms with E-state index in [2.05, 4.69) is 26.2 Å². The summed E-state index contributed by atoms with van der Waals surface area (Å²) < 4.78 is 24.3. The van der Waals surface area contributed by atoms with Crippen LogP contribution in [0.3, 0.4) is 0 Å². The first-order valence-corrected chi connectivity index (χ1v) is 4.32. The number of hydrogen-bond donors (Lipinski definition) is 2. The van der Waals surface area contributed by atoms with E-state index < -0.39 is 13.0 Å². The van der Waals surface area contributed by atoms with Crippen molar-refractivity contribution in [3.8, 4) is 0 Å². The Morgan fingerprint density at radius 3 is 2.77 bits per heavy atom. The largest absolute Gasteiger partial charge is 0.384 e. The molecule has 1 rings (SSSR count). The normalized spacial score (nSPS) is 10.5. The van der Waals surface area contributed by atoms with Gasteiger partial charge >= 0.3 is 0 Å². The van der Waals surface area contributed by atoms with Crippen molar-refractivity contribution in [3.63, 3.8) is 0 Å². The molecule has 1 aromatic heterocycles. The van der Waals surface area contributed by atoms with Gasteiger partial charge in [0.2, 0.25) is 0 Å². The molecule has 3 nitrogen and oxygen atoms in total. The van der Waals surface area contributed by atoms with Crippen LogP contribution in [0.2, 0.25) is 0 Å². The lowest BCUT2D eigenvalue weighted by atomic mass is 10.4. The van der Waals surface area contributed by atoms with E-state index in [-0.39, 0.29) is 5.82 Å². The van der Waals surface area contributed by atoms with E-state index in [1.165, 1.54) is 0 Å². The lowest BCUT2D eigenvalue weighted by molar-refractivity contribution is 0.163. The molecule has 0 saturated carbocycles. The van der Waals surface area contributed by atoms with Gasteiger partial charge in [-0.25, -0.2) is 13.8 Å². The summed E-state index contributed by atoms with van der Waals surface area (Å²) in [4.78, 5) is 3.81. The van der Waals surface area contributed by atoms with Gasteiger partial charge in [-0.2, -0.15) is 0 Å². The van der Waals surface area contributed by atoms with Crippen molar-refractivity contribution in [2.45, 2.75) is 6.43 Å². The number of nitrogens with zero attached hydrogens (tertiary/aromatic N) is 1. The van der Waals surface area contributed by atoms with Crippen molar-refractivity contribution in [1.29, 1.82) is 0 Å². The molecular weight excluding hydrogens is 244 g/mol. The van der Waals surface area contributed by atoms with Crippen LogP contribution >= 0.6 is 15.9 Å². The highest BCUT2D eigenvalue weighted by atomic mass is 79.9. The first-order chi connectivity index (χ1) is 6.08. The average Bonchev–Trinajstić information content (AvgIpc) is 1.99. The minimum Gasteiger partial charge on any atom is -0.384 e. The summed E-state index contributed by atoms with van der Waals surface area (Å²) in [6.07, 6.45) is -2.40. The summed E-state index contributed by atoms with van der Waals surface area (Å²) in [6.45, 7) is -0.428. The Labute approximate surface area is 82.5 Å². The van der Waals surface area contributed by atoms with Gasteiger partial charge < -0.3 is 11.1 Å². The maximum absolute atomic E-state index is 11.8. The second-order valence-corrected chi connectivity index (χ2v) is 3.28. The maximum Gasteiger partial charge on any atom is 0.255 e. The Kier molecular flexibility index (Phi) is 3.41. The minimum atomic E-state index is -2.40. The lowest BCUT2D eigenvalue weighted by Crippen LogP contribution is -2.11. The summed E-state index contributed by atoms with van der Waals surface area (Å²) in [5.74, 6) is 0.623. The molecule has 0 aliphatic carbocycles. The topological polar surface area (TPSA) is 50.9 Å². The quantitative estimate of drug-likeness (QED) is 0.866. The standard InChI is InChI=1S/C7H8BrF2N3/c8-4-1-6(11)13-7(2-4)12-3-5(9)10/h1-2,5H,3H2,(H3,11,12,13). The number of pyridine rings is 1. The third-order valence-electron chi connectivity index (χ3n) is 1.25. The molecule has 0 atom stereocenters. The zero-order valence-electron chi connectivity index (χ0n) is 6.60. The Morgan fingerprint density at radius 1 is 1.54 bits per heavy atom. The smallest absolute Gasteiger partial charge is 0.255 e. The molecule has 0 bridgehead atoms. The van der Waals surface area contributed by atoms with Crippen molar-refractivity contribution in [2.24, 2.45) is 0 Å². The van der Waals surface area contributed by atoms with Crippen molar-refractivity contribution < 1.29 is 8.78 Å². The van der Waals surface area contributed by atoms with Gasteiger partial charge in [-0.05, 0) is 12.1 Å². The fraction of sp³-hybridized carbons (Fsp3) is 0.286. The number of hydrogen-bond acceptors (Lipinski definition) is 3. The molecule has 0 fully saturated rings. The Bertz CT molecular complexity index is 273. The number of nitrogens with one attached hydrogen (secondary N) is 1. The molecule has 1 heterocycles. The monoisotopic (exact) mass is 251 g/mol. The van der Waals surface area contributed by atoms with Gasteiger partial charge in [-0.15, -0.1) is 0 Å². The number of nitrogen functional groups attached to an aromatic ring is 1. The van der Waals surface area contributed by atoms with Crippen molar-refractivity contribution in [2.75, 3.05) is 17.6 Å². The predicted molar refractivity (Wildman–Crippen MR) is 50.8 cm³/mol. The molecule has 0 aliphatic heterocycles. The van der Waals surface area contributed by atoms with Crippen LogP contribution in [0.4, 0.5) is 20.4 Å². The zero-order valence-corrected chi connectivity index (χ0v) is 8.18. The molecule has 0 saturated heterocycles. The molecule has 6 heteroatoms. The van der Waals surface area contributed by atoms with Crippen LogP contribution in [-0.2, 0) is 0 Å². The molecule has 3 N–H and O–H groups in total. The highest BCUT2D eigenvalue weighted by Crippen LogP contribution is 2.17. The Balaban J connectivity index is 2.66. The molecule has 0 aromatic carbocycles. The molecule has 0 aliphatic rings. The number of alkyl halides is 2. The maximum atomic E-state index is 11.8. The van der Waals surface area contributed by atoms with E-state index in [0.29, 0.717) is 10.3 Å². The minimum absolute atomic E-state index is 0.283. The van der Waals surface area contributed by atoms with Gasteiger partial charge in [-0.3, -0.25) is 0 Å². The summed E-state index contributed by atoms with van der Waals surface area (Å²) in [5, 5.41) is 2.45. The second-order valence-electron chi connectivity index (χ2n) is 2.37. The molecule has 0 unspecified atom stereocenters. The summed E-state index contributed by atoms with van der Waals surface area (Å²) in [6, 6.07) is 3.17. The third kappa shape index (κ3) is 3.54. The molecule has 0 amide bonds. The number of rotatable bonds is 3. The number of nitrogens with two attached hydrogens (primary N) is 1. The fourth-order valence-electron chi connectivity index (χ4n) is 0.789. The van der Waals surface area contributed by atoms with Crippen LogP contribution in [0.25, 0.3) is 0 Å². The van der Waals surface area contributed by atoms with Gasteiger partial charge in [0, 0.05) is 4.47 Å². The third-order valence-corrected chi connectivity index (χ3v) is 1.71. The number of halogens is 3.